The van der Waals surface area contributed by atoms with Crippen molar-refractivity contribution in [2.45, 2.75) is 6.92 Å². The van der Waals surface area contributed by atoms with E-state index in [4.69, 9.17) is 4.74 Å². The SMILES string of the molecule is CCO/C([O-])=C/c1ccccc1.[Li+]. The first-order valence-corrected chi connectivity index (χ1v) is 3.89. The minimum Gasteiger partial charge on any atom is -0.614 e. The van der Waals surface area contributed by atoms with Crippen molar-refractivity contribution in [1.29, 1.82) is 0 Å². The average molecular weight is 170 g/mol. The van der Waals surface area contributed by atoms with E-state index in [0.29, 0.717) is 6.61 Å². The molecule has 64 valence electrons. The van der Waals surface area contributed by atoms with E-state index in [1.165, 1.54) is 6.08 Å². The summed E-state index contributed by atoms with van der Waals surface area (Å²) in [5.74, 6) is -0.288. The van der Waals surface area contributed by atoms with Crippen molar-refractivity contribution in [2.75, 3.05) is 6.61 Å². The van der Waals surface area contributed by atoms with Crippen molar-refractivity contribution in [2.24, 2.45) is 0 Å². The number of hydrogen-bond acceptors (Lipinski definition) is 2. The van der Waals surface area contributed by atoms with Gasteiger partial charge >= 0.3 is 18.9 Å². The van der Waals surface area contributed by atoms with Gasteiger partial charge in [-0.3, -0.25) is 0 Å². The summed E-state index contributed by atoms with van der Waals surface area (Å²) in [4.78, 5) is 0. The molecule has 0 saturated heterocycles. The van der Waals surface area contributed by atoms with Gasteiger partial charge in [0.15, 0.2) is 0 Å². The maximum atomic E-state index is 10.9. The van der Waals surface area contributed by atoms with Crippen LogP contribution in [0.3, 0.4) is 0 Å². The number of benzene rings is 1. The molecule has 0 spiro atoms. The fraction of sp³-hybridized carbons (Fsp3) is 0.200. The topological polar surface area (TPSA) is 32.3 Å². The molecule has 0 saturated carbocycles. The van der Waals surface area contributed by atoms with Gasteiger partial charge in [0.05, 0.1) is 5.95 Å². The van der Waals surface area contributed by atoms with Crippen LogP contribution in [0.25, 0.3) is 6.08 Å². The van der Waals surface area contributed by atoms with Gasteiger partial charge in [-0.2, -0.15) is 0 Å². The average Bonchev–Trinajstić information content (AvgIpc) is 2.06. The van der Waals surface area contributed by atoms with Gasteiger partial charge in [-0.15, -0.1) is 0 Å². The third kappa shape index (κ3) is 4.67. The predicted octanol–water partition coefficient (Wildman–Crippen LogP) is -1.61. The molecule has 0 radical (unpaired) electrons. The van der Waals surface area contributed by atoms with Gasteiger partial charge in [-0.1, -0.05) is 37.3 Å². The maximum Gasteiger partial charge on any atom is 1.00 e. The minimum absolute atomic E-state index is 0. The standard InChI is InChI=1S/C10H12O2.Li/c1-2-12-10(11)8-9-6-4-3-5-7-9;/h3-8,11H,2H2,1H3;/q;+1/p-1/b10-8+;. The largest absolute Gasteiger partial charge is 1.00 e. The third-order valence-electron chi connectivity index (χ3n) is 1.37. The van der Waals surface area contributed by atoms with Crippen LogP contribution in [0.2, 0.25) is 0 Å². The zero-order valence-electron chi connectivity index (χ0n) is 7.99. The summed E-state index contributed by atoms with van der Waals surface area (Å²) >= 11 is 0. The smallest absolute Gasteiger partial charge is 0.614 e. The number of rotatable bonds is 3. The molecule has 0 aromatic heterocycles. The van der Waals surface area contributed by atoms with Crippen molar-refractivity contribution in [3.8, 4) is 0 Å². The first kappa shape index (κ1) is 12.2. The van der Waals surface area contributed by atoms with Crippen LogP contribution in [-0.2, 0) is 4.74 Å². The molecule has 0 N–H and O–H groups in total. The fourth-order valence-electron chi connectivity index (χ4n) is 0.869. The van der Waals surface area contributed by atoms with Crippen molar-refractivity contribution in [3.05, 3.63) is 41.8 Å². The first-order chi connectivity index (χ1) is 5.83. The Labute approximate surface area is 90.4 Å². The molecule has 0 fully saturated rings. The van der Waals surface area contributed by atoms with Crippen LogP contribution in [0.5, 0.6) is 0 Å². The van der Waals surface area contributed by atoms with Gasteiger partial charge in [0.1, 0.15) is 0 Å². The normalized spacial score (nSPS) is 10.4. The molecular formula is C10H11LiO2. The zero-order valence-corrected chi connectivity index (χ0v) is 7.99. The van der Waals surface area contributed by atoms with Crippen LogP contribution >= 0.6 is 0 Å². The minimum atomic E-state index is -0.288. The monoisotopic (exact) mass is 170 g/mol. The Morgan fingerprint density at radius 3 is 2.54 bits per heavy atom. The van der Waals surface area contributed by atoms with E-state index in [2.05, 4.69) is 0 Å². The van der Waals surface area contributed by atoms with Crippen LogP contribution in [0, 0.1) is 0 Å². The van der Waals surface area contributed by atoms with E-state index < -0.39 is 0 Å². The fourth-order valence-corrected chi connectivity index (χ4v) is 0.869. The Kier molecular flexibility index (Phi) is 6.22. The Morgan fingerprint density at radius 2 is 2.00 bits per heavy atom. The summed E-state index contributed by atoms with van der Waals surface area (Å²) < 4.78 is 4.75. The van der Waals surface area contributed by atoms with Crippen LogP contribution in [0.15, 0.2) is 36.3 Å². The van der Waals surface area contributed by atoms with Gasteiger partial charge in [0, 0.05) is 0 Å². The van der Waals surface area contributed by atoms with E-state index in [-0.39, 0.29) is 24.8 Å². The molecule has 1 rings (SSSR count). The molecule has 0 aliphatic rings. The number of hydrogen-bond donors (Lipinski definition) is 0. The van der Waals surface area contributed by atoms with E-state index in [0.717, 1.165) is 5.56 Å². The molecule has 0 bridgehead atoms. The molecule has 0 unspecified atom stereocenters. The molecule has 1 aromatic rings. The van der Waals surface area contributed by atoms with E-state index >= 15 is 0 Å². The third-order valence-corrected chi connectivity index (χ3v) is 1.37. The van der Waals surface area contributed by atoms with Gasteiger partial charge in [0.25, 0.3) is 0 Å². The van der Waals surface area contributed by atoms with Crippen molar-refractivity contribution >= 4 is 6.08 Å². The van der Waals surface area contributed by atoms with E-state index in [1.54, 1.807) is 6.92 Å². The summed E-state index contributed by atoms with van der Waals surface area (Å²) in [7, 11) is 0. The second-order valence-electron chi connectivity index (χ2n) is 2.31. The summed E-state index contributed by atoms with van der Waals surface area (Å²) in [6, 6.07) is 9.38. The van der Waals surface area contributed by atoms with Crippen LogP contribution in [0.1, 0.15) is 12.5 Å². The molecule has 0 amide bonds. The van der Waals surface area contributed by atoms with E-state index in [9.17, 15) is 5.11 Å². The molecule has 0 heterocycles. The maximum absolute atomic E-state index is 10.9. The molecule has 0 atom stereocenters. The number of ether oxygens (including phenoxy) is 1. The first-order valence-electron chi connectivity index (χ1n) is 3.89. The quantitative estimate of drug-likeness (QED) is 0.403. The molecule has 2 nitrogen and oxygen atoms in total. The van der Waals surface area contributed by atoms with Crippen LogP contribution in [-0.4, -0.2) is 6.61 Å². The van der Waals surface area contributed by atoms with Crippen molar-refractivity contribution in [1.82, 2.24) is 0 Å². The van der Waals surface area contributed by atoms with E-state index in [1.807, 2.05) is 30.3 Å². The van der Waals surface area contributed by atoms with Gasteiger partial charge in [-0.05, 0) is 18.2 Å². The summed E-state index contributed by atoms with van der Waals surface area (Å²) in [6.45, 7) is 2.21. The van der Waals surface area contributed by atoms with Crippen LogP contribution in [0.4, 0.5) is 0 Å². The van der Waals surface area contributed by atoms with Gasteiger partial charge < -0.3 is 9.84 Å². The second kappa shape index (κ2) is 6.65. The summed E-state index contributed by atoms with van der Waals surface area (Å²) in [6.07, 6.45) is 1.48. The zero-order chi connectivity index (χ0) is 8.81. The molecular weight excluding hydrogens is 159 g/mol. The molecule has 0 aliphatic carbocycles. The Hall–Kier alpha value is -0.843. The van der Waals surface area contributed by atoms with Crippen molar-refractivity contribution in [3.63, 3.8) is 0 Å². The van der Waals surface area contributed by atoms with Gasteiger partial charge in [0.2, 0.25) is 0 Å². The Bertz CT molecular complexity index is 257. The predicted molar refractivity (Wildman–Crippen MR) is 46.0 cm³/mol. The second-order valence-corrected chi connectivity index (χ2v) is 2.31. The van der Waals surface area contributed by atoms with Gasteiger partial charge in [-0.25, -0.2) is 0 Å². The Morgan fingerprint density at radius 1 is 1.38 bits per heavy atom. The summed E-state index contributed by atoms with van der Waals surface area (Å²) in [5, 5.41) is 10.9. The molecule has 13 heavy (non-hydrogen) atoms. The molecule has 1 aromatic carbocycles. The van der Waals surface area contributed by atoms with Crippen molar-refractivity contribution < 1.29 is 28.7 Å². The molecule has 0 aliphatic heterocycles. The van der Waals surface area contributed by atoms with Crippen LogP contribution < -0.4 is 24.0 Å². The Balaban J connectivity index is 0.00000144. The molecule has 3 heteroatoms. The summed E-state index contributed by atoms with van der Waals surface area (Å²) in [5.41, 5.74) is 0.871.